The van der Waals surface area contributed by atoms with Gasteiger partial charge in [-0.2, -0.15) is 0 Å². The van der Waals surface area contributed by atoms with Crippen LogP contribution in [-0.2, 0) is 0 Å². The Labute approximate surface area is 63.4 Å². The maximum atomic E-state index is 9.50. The van der Waals surface area contributed by atoms with E-state index in [1.807, 2.05) is 0 Å². The van der Waals surface area contributed by atoms with Gasteiger partial charge in [-0.25, -0.2) is 0 Å². The van der Waals surface area contributed by atoms with E-state index >= 15 is 0 Å². The molecule has 1 rings (SSSR count). The van der Waals surface area contributed by atoms with Crippen LogP contribution in [0.15, 0.2) is 0 Å². The quantitative estimate of drug-likeness (QED) is 0.549. The number of rotatable bonds is 0. The van der Waals surface area contributed by atoms with E-state index in [4.69, 9.17) is 0 Å². The number of aliphatic hydroxyl groups is 1. The summed E-state index contributed by atoms with van der Waals surface area (Å²) in [7, 11) is 0. The summed E-state index contributed by atoms with van der Waals surface area (Å²) in [4.78, 5) is 0. The lowest BCUT2D eigenvalue weighted by Crippen LogP contribution is -2.17. The highest BCUT2D eigenvalue weighted by Crippen LogP contribution is 2.45. The average molecular weight is 142 g/mol. The molecule has 0 saturated heterocycles. The van der Waals surface area contributed by atoms with Gasteiger partial charge in [0.1, 0.15) is 0 Å². The van der Waals surface area contributed by atoms with Gasteiger partial charge in [0.2, 0.25) is 0 Å². The molecule has 60 valence electrons. The van der Waals surface area contributed by atoms with Crippen LogP contribution < -0.4 is 0 Å². The van der Waals surface area contributed by atoms with Crippen LogP contribution in [0.25, 0.3) is 0 Å². The first-order valence-corrected chi connectivity index (χ1v) is 4.13. The van der Waals surface area contributed by atoms with Crippen molar-refractivity contribution in [2.75, 3.05) is 0 Å². The lowest BCUT2D eigenvalue weighted by Gasteiger charge is -2.24. The molecule has 1 unspecified atom stereocenters. The summed E-state index contributed by atoms with van der Waals surface area (Å²) < 4.78 is 0. The van der Waals surface area contributed by atoms with E-state index in [0.717, 1.165) is 6.42 Å². The lowest BCUT2D eigenvalue weighted by molar-refractivity contribution is 0.130. The third-order valence-electron chi connectivity index (χ3n) is 3.36. The van der Waals surface area contributed by atoms with Crippen molar-refractivity contribution in [3.63, 3.8) is 0 Å². The van der Waals surface area contributed by atoms with Crippen LogP contribution in [0.5, 0.6) is 0 Å². The lowest BCUT2D eigenvalue weighted by atomic mass is 9.81. The van der Waals surface area contributed by atoms with Gasteiger partial charge >= 0.3 is 0 Å². The molecule has 1 N–H and O–H groups in total. The number of hydrogen-bond acceptors (Lipinski definition) is 1. The van der Waals surface area contributed by atoms with Crippen molar-refractivity contribution in [1.82, 2.24) is 0 Å². The van der Waals surface area contributed by atoms with Crippen molar-refractivity contribution in [1.29, 1.82) is 0 Å². The largest absolute Gasteiger partial charge is 0.393 e. The van der Waals surface area contributed by atoms with Gasteiger partial charge in [-0.05, 0) is 23.7 Å². The van der Waals surface area contributed by atoms with E-state index in [1.165, 1.54) is 0 Å². The molecule has 1 fully saturated rings. The second-order valence-electron chi connectivity index (χ2n) is 4.41. The van der Waals surface area contributed by atoms with E-state index < -0.39 is 0 Å². The van der Waals surface area contributed by atoms with Crippen LogP contribution in [0, 0.1) is 17.3 Å². The maximum Gasteiger partial charge on any atom is 0.0573 e. The molecule has 0 radical (unpaired) electrons. The van der Waals surface area contributed by atoms with Crippen molar-refractivity contribution >= 4 is 0 Å². The highest BCUT2D eigenvalue weighted by molar-refractivity contribution is 4.91. The Morgan fingerprint density at radius 3 is 1.90 bits per heavy atom. The van der Waals surface area contributed by atoms with E-state index in [2.05, 4.69) is 27.7 Å². The van der Waals surface area contributed by atoms with E-state index in [9.17, 15) is 5.11 Å². The SMILES string of the molecule is CC1[C@@H](C)[C@H](O)CC1(C)C. The molecule has 1 aliphatic carbocycles. The molecule has 1 aliphatic rings. The summed E-state index contributed by atoms with van der Waals surface area (Å²) in [6.45, 7) is 8.86. The van der Waals surface area contributed by atoms with Crippen LogP contribution in [0.4, 0.5) is 0 Å². The molecule has 0 amide bonds. The molecule has 0 aromatic rings. The fourth-order valence-electron chi connectivity index (χ4n) is 1.96. The van der Waals surface area contributed by atoms with Crippen molar-refractivity contribution in [3.8, 4) is 0 Å². The van der Waals surface area contributed by atoms with Gasteiger partial charge in [0, 0.05) is 0 Å². The Bertz CT molecular complexity index is 129. The van der Waals surface area contributed by atoms with Gasteiger partial charge in [0.05, 0.1) is 6.10 Å². The molecule has 0 aromatic heterocycles. The van der Waals surface area contributed by atoms with Crippen molar-refractivity contribution < 1.29 is 5.11 Å². The molecular formula is C9H18O. The molecule has 0 aliphatic heterocycles. The topological polar surface area (TPSA) is 20.2 Å². The molecule has 0 bridgehead atoms. The Balaban J connectivity index is 2.71. The summed E-state index contributed by atoms with van der Waals surface area (Å²) in [5, 5.41) is 9.50. The molecule has 1 saturated carbocycles. The smallest absolute Gasteiger partial charge is 0.0573 e. The minimum absolute atomic E-state index is 0.0648. The molecular weight excluding hydrogens is 124 g/mol. The first-order chi connectivity index (χ1) is 4.45. The minimum atomic E-state index is -0.0648. The Kier molecular flexibility index (Phi) is 1.80. The third kappa shape index (κ3) is 1.07. The van der Waals surface area contributed by atoms with Gasteiger partial charge in [-0.1, -0.05) is 27.7 Å². The second-order valence-corrected chi connectivity index (χ2v) is 4.41. The van der Waals surface area contributed by atoms with Gasteiger partial charge in [0.15, 0.2) is 0 Å². The Hall–Kier alpha value is -0.0400. The zero-order valence-electron chi connectivity index (χ0n) is 7.39. The summed E-state index contributed by atoms with van der Waals surface area (Å²) in [6, 6.07) is 0. The number of hydrogen-bond donors (Lipinski definition) is 1. The van der Waals surface area contributed by atoms with Crippen LogP contribution >= 0.6 is 0 Å². The fraction of sp³-hybridized carbons (Fsp3) is 1.00. The first-order valence-electron chi connectivity index (χ1n) is 4.13. The second kappa shape index (κ2) is 2.23. The normalized spacial score (nSPS) is 45.9. The maximum absolute atomic E-state index is 9.50. The van der Waals surface area contributed by atoms with Crippen molar-refractivity contribution in [2.24, 2.45) is 17.3 Å². The zero-order chi connectivity index (χ0) is 7.94. The summed E-state index contributed by atoms with van der Waals surface area (Å²) in [6.07, 6.45) is 0.903. The Morgan fingerprint density at radius 2 is 1.80 bits per heavy atom. The minimum Gasteiger partial charge on any atom is -0.393 e. The van der Waals surface area contributed by atoms with E-state index in [-0.39, 0.29) is 6.10 Å². The molecule has 1 nitrogen and oxygen atoms in total. The van der Waals surface area contributed by atoms with E-state index in [0.29, 0.717) is 17.3 Å². The van der Waals surface area contributed by atoms with Crippen molar-refractivity contribution in [3.05, 3.63) is 0 Å². The number of aliphatic hydroxyl groups excluding tert-OH is 1. The first kappa shape index (κ1) is 8.06. The standard InChI is InChI=1S/C9H18O/c1-6-7(2)9(3,4)5-8(6)10/h6-8,10H,5H2,1-4H3/t6-,7?,8-/m1/s1. The summed E-state index contributed by atoms with van der Waals surface area (Å²) in [5.74, 6) is 1.14. The molecule has 1 heteroatoms. The van der Waals surface area contributed by atoms with E-state index in [1.54, 1.807) is 0 Å². The molecule has 0 spiro atoms. The zero-order valence-corrected chi connectivity index (χ0v) is 7.39. The molecule has 3 atom stereocenters. The van der Waals surface area contributed by atoms with Gasteiger partial charge in [0.25, 0.3) is 0 Å². The predicted molar refractivity (Wildman–Crippen MR) is 42.7 cm³/mol. The Morgan fingerprint density at radius 1 is 1.30 bits per heavy atom. The fourth-order valence-corrected chi connectivity index (χ4v) is 1.96. The van der Waals surface area contributed by atoms with Crippen LogP contribution in [0.1, 0.15) is 34.1 Å². The van der Waals surface area contributed by atoms with Crippen LogP contribution in [0.3, 0.4) is 0 Å². The van der Waals surface area contributed by atoms with Crippen LogP contribution in [-0.4, -0.2) is 11.2 Å². The molecule has 0 aromatic carbocycles. The van der Waals surface area contributed by atoms with Gasteiger partial charge in [-0.15, -0.1) is 0 Å². The third-order valence-corrected chi connectivity index (χ3v) is 3.36. The monoisotopic (exact) mass is 142 g/mol. The van der Waals surface area contributed by atoms with Gasteiger partial charge in [-0.3, -0.25) is 0 Å². The van der Waals surface area contributed by atoms with Crippen molar-refractivity contribution in [2.45, 2.75) is 40.2 Å². The van der Waals surface area contributed by atoms with Crippen LogP contribution in [0.2, 0.25) is 0 Å². The average Bonchev–Trinajstić information content (AvgIpc) is 1.95. The summed E-state index contributed by atoms with van der Waals surface area (Å²) in [5.41, 5.74) is 0.346. The highest BCUT2D eigenvalue weighted by Gasteiger charge is 2.42. The molecule has 10 heavy (non-hydrogen) atoms. The molecule has 0 heterocycles. The summed E-state index contributed by atoms with van der Waals surface area (Å²) >= 11 is 0. The highest BCUT2D eigenvalue weighted by atomic mass is 16.3. The predicted octanol–water partition coefficient (Wildman–Crippen LogP) is 2.05. The van der Waals surface area contributed by atoms with Gasteiger partial charge < -0.3 is 5.11 Å².